The van der Waals surface area contributed by atoms with Gasteiger partial charge >= 0.3 is 10.3 Å². The normalized spacial score (nSPS) is 19.2. The molecule has 0 aliphatic carbocycles. The van der Waals surface area contributed by atoms with Crippen LogP contribution in [0.2, 0.25) is 0 Å². The summed E-state index contributed by atoms with van der Waals surface area (Å²) in [7, 11) is -4.84. The first-order chi connectivity index (χ1) is 7.60. The summed E-state index contributed by atoms with van der Waals surface area (Å²) in [6.07, 6.45) is -5.74. The van der Waals surface area contributed by atoms with Crippen molar-refractivity contribution in [1.29, 1.82) is 0 Å². The van der Waals surface area contributed by atoms with Crippen molar-refractivity contribution in [2.75, 3.05) is 6.61 Å². The fraction of sp³-hybridized carbons (Fsp3) is 0.833. The second kappa shape index (κ2) is 6.20. The minimum absolute atomic E-state index is 0.898. The van der Waals surface area contributed by atoms with Crippen molar-refractivity contribution in [2.45, 2.75) is 24.4 Å². The zero-order valence-electron chi connectivity index (χ0n) is 8.46. The van der Waals surface area contributed by atoms with Crippen molar-refractivity contribution in [3.05, 3.63) is 0 Å². The number of aliphatic hydroxyl groups is 4. The van der Waals surface area contributed by atoms with Crippen LogP contribution in [0.4, 0.5) is 0 Å². The monoisotopic (exact) mass is 274 g/mol. The van der Waals surface area contributed by atoms with Crippen LogP contribution >= 0.6 is 0 Å². The van der Waals surface area contributed by atoms with Crippen LogP contribution in [0.5, 0.6) is 0 Å². The van der Waals surface area contributed by atoms with E-state index in [1.165, 1.54) is 0 Å². The molecule has 17 heavy (non-hydrogen) atoms. The number of hydrogen-bond donors (Lipinski definition) is 7. The van der Waals surface area contributed by atoms with Gasteiger partial charge < -0.3 is 26.2 Å². The quantitative estimate of drug-likeness (QED) is 0.233. The average Bonchev–Trinajstić information content (AvgIpc) is 2.22. The molecule has 0 radical (unpaired) electrons. The van der Waals surface area contributed by atoms with Gasteiger partial charge in [-0.2, -0.15) is 8.42 Å². The predicted molar refractivity (Wildman–Crippen MR) is 52.8 cm³/mol. The van der Waals surface area contributed by atoms with E-state index in [-0.39, 0.29) is 0 Å². The molecule has 0 saturated heterocycles. The minimum atomic E-state index is -4.84. The van der Waals surface area contributed by atoms with Crippen molar-refractivity contribution >= 4 is 16.2 Å². The lowest BCUT2D eigenvalue weighted by Crippen LogP contribution is -2.56. The van der Waals surface area contributed by atoms with Gasteiger partial charge in [0, 0.05) is 0 Å². The maximum atomic E-state index is 11.0. The lowest BCUT2D eigenvalue weighted by molar-refractivity contribution is -0.129. The highest BCUT2D eigenvalue weighted by Gasteiger charge is 2.34. The molecule has 0 aromatic carbocycles. The fourth-order valence-electron chi connectivity index (χ4n) is 0.898. The highest BCUT2D eigenvalue weighted by molar-refractivity contribution is 7.84. The van der Waals surface area contributed by atoms with Gasteiger partial charge in [-0.3, -0.25) is 9.35 Å². The van der Waals surface area contributed by atoms with E-state index < -0.39 is 47.2 Å². The van der Waals surface area contributed by atoms with E-state index in [0.29, 0.717) is 0 Å². The van der Waals surface area contributed by atoms with Gasteiger partial charge in [0.2, 0.25) is 0 Å². The highest BCUT2D eigenvalue weighted by atomic mass is 32.2. The Morgan fingerprint density at radius 1 is 1.24 bits per heavy atom. The molecule has 102 valence electrons. The Morgan fingerprint density at radius 2 is 1.71 bits per heavy atom. The molecule has 0 fully saturated rings. The van der Waals surface area contributed by atoms with Gasteiger partial charge in [0.05, 0.1) is 6.61 Å². The van der Waals surface area contributed by atoms with E-state index in [0.717, 1.165) is 4.72 Å². The Hall–Kier alpha value is -0.820. The lowest BCUT2D eigenvalue weighted by Gasteiger charge is -2.25. The molecule has 0 aliphatic heterocycles. The molecule has 0 aromatic heterocycles. The minimum Gasteiger partial charge on any atom is -0.394 e. The SMILES string of the molecule is N[C@@H](C(=O)NS(=O)(=O)O)[C@@H](O)[C@H](O)[C@H](O)CO. The van der Waals surface area contributed by atoms with Crippen molar-refractivity contribution < 1.29 is 38.2 Å². The third-order valence-corrected chi connectivity index (χ3v) is 2.29. The van der Waals surface area contributed by atoms with Crippen LogP contribution in [0.3, 0.4) is 0 Å². The van der Waals surface area contributed by atoms with Gasteiger partial charge in [0.15, 0.2) is 0 Å². The van der Waals surface area contributed by atoms with Crippen molar-refractivity contribution in [1.82, 2.24) is 4.72 Å². The summed E-state index contributed by atoms with van der Waals surface area (Å²) in [5, 5.41) is 35.9. The van der Waals surface area contributed by atoms with E-state index in [4.69, 9.17) is 20.5 Å². The van der Waals surface area contributed by atoms with Crippen molar-refractivity contribution in [3.8, 4) is 0 Å². The van der Waals surface area contributed by atoms with Crippen molar-refractivity contribution in [3.63, 3.8) is 0 Å². The molecule has 0 unspecified atom stereocenters. The Kier molecular flexibility index (Phi) is 5.91. The summed E-state index contributed by atoms with van der Waals surface area (Å²) in [6.45, 7) is -0.898. The average molecular weight is 274 g/mol. The largest absolute Gasteiger partial charge is 0.394 e. The maximum absolute atomic E-state index is 11.0. The predicted octanol–water partition coefficient (Wildman–Crippen LogP) is -4.69. The second-order valence-corrected chi connectivity index (χ2v) is 4.35. The number of amides is 1. The summed E-state index contributed by atoms with van der Waals surface area (Å²) < 4.78 is 29.9. The number of hydrogen-bond acceptors (Lipinski definition) is 8. The standard InChI is InChI=1S/C6H14N2O8S/c7-3(6(13)8-17(14,15)16)5(12)4(11)2(10)1-9/h2-5,9-12H,1,7H2,(H,8,13)(H,14,15,16)/t2-,3-,4-,5-/m1/s1. The topological polar surface area (TPSA) is 190 Å². The van der Waals surface area contributed by atoms with E-state index in [9.17, 15) is 23.4 Å². The van der Waals surface area contributed by atoms with E-state index >= 15 is 0 Å². The summed E-state index contributed by atoms with van der Waals surface area (Å²) >= 11 is 0. The fourth-order valence-corrected chi connectivity index (χ4v) is 1.29. The molecule has 0 bridgehead atoms. The van der Waals surface area contributed by atoms with Crippen LogP contribution < -0.4 is 10.5 Å². The zero-order chi connectivity index (χ0) is 13.8. The molecule has 11 heteroatoms. The first kappa shape index (κ1) is 16.2. The number of carbonyl (C=O) groups is 1. The molecule has 0 saturated carbocycles. The van der Waals surface area contributed by atoms with E-state index in [1.54, 1.807) is 0 Å². The summed E-state index contributed by atoms with van der Waals surface area (Å²) in [5.74, 6) is -1.48. The third kappa shape index (κ3) is 5.36. The molecular formula is C6H14N2O8S. The number of rotatable bonds is 6. The lowest BCUT2D eigenvalue weighted by atomic mass is 10.0. The molecule has 8 N–H and O–H groups in total. The molecular weight excluding hydrogens is 260 g/mol. The van der Waals surface area contributed by atoms with Gasteiger partial charge in [-0.05, 0) is 0 Å². The summed E-state index contributed by atoms with van der Waals surface area (Å²) in [5.41, 5.74) is 5.07. The van der Waals surface area contributed by atoms with Gasteiger partial charge in [-0.1, -0.05) is 0 Å². The molecule has 4 atom stereocenters. The molecule has 0 aliphatic rings. The first-order valence-corrected chi connectivity index (χ1v) is 5.74. The molecule has 0 heterocycles. The Balaban J connectivity index is 4.59. The zero-order valence-corrected chi connectivity index (χ0v) is 9.28. The summed E-state index contributed by atoms with van der Waals surface area (Å²) in [6, 6.07) is -1.92. The number of carbonyl (C=O) groups excluding carboxylic acids is 1. The molecule has 1 amide bonds. The van der Waals surface area contributed by atoms with Crippen LogP contribution in [-0.4, -0.2) is 70.3 Å². The Bertz CT molecular complexity index is 357. The smallest absolute Gasteiger partial charge is 0.359 e. The van der Waals surface area contributed by atoms with Crippen LogP contribution in [0, 0.1) is 0 Å². The molecule has 0 spiro atoms. The van der Waals surface area contributed by atoms with Crippen molar-refractivity contribution in [2.24, 2.45) is 5.73 Å². The van der Waals surface area contributed by atoms with Gasteiger partial charge in [0.25, 0.3) is 5.91 Å². The number of aliphatic hydroxyl groups excluding tert-OH is 4. The van der Waals surface area contributed by atoms with Crippen LogP contribution in [0.25, 0.3) is 0 Å². The second-order valence-electron chi connectivity index (χ2n) is 3.20. The number of nitrogens with two attached hydrogens (primary N) is 1. The van der Waals surface area contributed by atoms with E-state index in [1.807, 2.05) is 0 Å². The van der Waals surface area contributed by atoms with Crippen LogP contribution in [0.1, 0.15) is 0 Å². The van der Waals surface area contributed by atoms with Crippen LogP contribution in [0.15, 0.2) is 0 Å². The van der Waals surface area contributed by atoms with Gasteiger partial charge in [0.1, 0.15) is 24.4 Å². The Morgan fingerprint density at radius 3 is 2.06 bits per heavy atom. The Labute approximate surface area is 96.6 Å². The van der Waals surface area contributed by atoms with E-state index in [2.05, 4.69) is 0 Å². The van der Waals surface area contributed by atoms with Gasteiger partial charge in [-0.15, -0.1) is 0 Å². The molecule has 0 aromatic rings. The first-order valence-electron chi connectivity index (χ1n) is 4.30. The number of nitrogens with one attached hydrogen (secondary N) is 1. The van der Waals surface area contributed by atoms with Crippen LogP contribution in [-0.2, 0) is 15.1 Å². The highest BCUT2D eigenvalue weighted by Crippen LogP contribution is 2.03. The third-order valence-electron chi connectivity index (χ3n) is 1.83. The maximum Gasteiger partial charge on any atom is 0.359 e. The molecule has 0 rings (SSSR count). The summed E-state index contributed by atoms with van der Waals surface area (Å²) in [4.78, 5) is 11.0. The molecule has 10 nitrogen and oxygen atoms in total. The van der Waals surface area contributed by atoms with Gasteiger partial charge in [-0.25, -0.2) is 4.72 Å².